The molecule has 0 unspecified atom stereocenters. The number of carbonyl (C=O) groups is 2. The van der Waals surface area contributed by atoms with Crippen LogP contribution in [0.2, 0.25) is 0 Å². The smallest absolute Gasteiger partial charge is 0.317 e. The molecule has 0 spiro atoms. The van der Waals surface area contributed by atoms with E-state index in [1.165, 1.54) is 11.3 Å². The van der Waals surface area contributed by atoms with Crippen molar-refractivity contribution >= 4 is 28.3 Å². The lowest BCUT2D eigenvalue weighted by molar-refractivity contribution is 0.0932. The van der Waals surface area contributed by atoms with Crippen molar-refractivity contribution in [3.05, 3.63) is 35.9 Å². The van der Waals surface area contributed by atoms with E-state index in [-0.39, 0.29) is 11.9 Å². The number of primary amides is 1. The average Bonchev–Trinajstić information content (AvgIpc) is 3.06. The van der Waals surface area contributed by atoms with E-state index in [4.69, 9.17) is 10.5 Å². The zero-order chi connectivity index (χ0) is 18.5. The van der Waals surface area contributed by atoms with E-state index >= 15 is 0 Å². The summed E-state index contributed by atoms with van der Waals surface area (Å²) in [4.78, 5) is 24.9. The Labute approximate surface area is 155 Å². The number of hydrogen-bond donors (Lipinski definition) is 4. The molecule has 26 heavy (non-hydrogen) atoms. The van der Waals surface area contributed by atoms with Gasteiger partial charge in [-0.3, -0.25) is 10.1 Å². The molecule has 0 bridgehead atoms. The Hall–Kier alpha value is -2.58. The van der Waals surface area contributed by atoms with E-state index in [0.717, 1.165) is 42.1 Å². The Kier molecular flexibility index (Phi) is 5.75. The molecular weight excluding hydrogens is 352 g/mol. The van der Waals surface area contributed by atoms with Gasteiger partial charge in [0.05, 0.1) is 12.7 Å². The second-order valence-electron chi connectivity index (χ2n) is 6.09. The van der Waals surface area contributed by atoms with Gasteiger partial charge >= 0.3 is 6.03 Å². The zero-order valence-corrected chi connectivity index (χ0v) is 15.3. The van der Waals surface area contributed by atoms with Crippen LogP contribution in [0.15, 0.2) is 30.3 Å². The number of urea groups is 1. The SMILES string of the molecule is COc1ccc(-c2cc(C(=O)N[C@H]3CCCNC3)c(NC(N)=O)s2)cc1. The van der Waals surface area contributed by atoms with Gasteiger partial charge in [-0.15, -0.1) is 11.3 Å². The van der Waals surface area contributed by atoms with Crippen LogP contribution in [0.1, 0.15) is 23.2 Å². The molecule has 1 aliphatic heterocycles. The van der Waals surface area contributed by atoms with Gasteiger partial charge in [0.1, 0.15) is 10.8 Å². The van der Waals surface area contributed by atoms with Crippen LogP contribution in [-0.4, -0.2) is 38.2 Å². The van der Waals surface area contributed by atoms with Gasteiger partial charge in [-0.2, -0.15) is 0 Å². The van der Waals surface area contributed by atoms with Gasteiger partial charge in [0.2, 0.25) is 0 Å². The number of carbonyl (C=O) groups excluding carboxylic acids is 2. The number of nitrogens with two attached hydrogens (primary N) is 1. The Balaban J connectivity index is 1.85. The summed E-state index contributed by atoms with van der Waals surface area (Å²) in [5.41, 5.74) is 6.62. The highest BCUT2D eigenvalue weighted by Crippen LogP contribution is 2.36. The lowest BCUT2D eigenvalue weighted by Crippen LogP contribution is -2.45. The van der Waals surface area contributed by atoms with Crippen molar-refractivity contribution in [2.45, 2.75) is 18.9 Å². The number of piperidine rings is 1. The fourth-order valence-corrected chi connectivity index (χ4v) is 3.96. The molecule has 8 heteroatoms. The maximum absolute atomic E-state index is 12.7. The number of thiophene rings is 1. The van der Waals surface area contributed by atoms with Crippen LogP contribution in [0.3, 0.4) is 0 Å². The zero-order valence-electron chi connectivity index (χ0n) is 14.5. The number of rotatable bonds is 5. The van der Waals surface area contributed by atoms with Crippen molar-refractivity contribution in [3.63, 3.8) is 0 Å². The fraction of sp³-hybridized carbons (Fsp3) is 0.333. The normalized spacial score (nSPS) is 16.7. The molecule has 0 saturated carbocycles. The van der Waals surface area contributed by atoms with E-state index in [0.29, 0.717) is 10.6 Å². The van der Waals surface area contributed by atoms with Crippen molar-refractivity contribution in [2.24, 2.45) is 5.73 Å². The average molecular weight is 374 g/mol. The topological polar surface area (TPSA) is 105 Å². The number of methoxy groups -OCH3 is 1. The van der Waals surface area contributed by atoms with E-state index in [2.05, 4.69) is 16.0 Å². The number of nitrogens with one attached hydrogen (secondary N) is 3. The minimum atomic E-state index is -0.693. The van der Waals surface area contributed by atoms with E-state index in [1.54, 1.807) is 13.2 Å². The molecule has 138 valence electrons. The van der Waals surface area contributed by atoms with Crippen LogP contribution in [0.25, 0.3) is 10.4 Å². The third-order valence-corrected chi connectivity index (χ3v) is 5.32. The molecule has 5 N–H and O–H groups in total. The maximum Gasteiger partial charge on any atom is 0.317 e. The molecule has 1 fully saturated rings. The predicted octanol–water partition coefficient (Wildman–Crippen LogP) is 2.40. The second-order valence-corrected chi connectivity index (χ2v) is 7.14. The Bertz CT molecular complexity index is 782. The highest BCUT2D eigenvalue weighted by molar-refractivity contribution is 7.20. The molecule has 0 radical (unpaired) electrons. The minimum Gasteiger partial charge on any atom is -0.497 e. The molecule has 1 aliphatic rings. The number of benzene rings is 1. The molecule has 3 rings (SSSR count). The Morgan fingerprint density at radius 1 is 1.31 bits per heavy atom. The summed E-state index contributed by atoms with van der Waals surface area (Å²) in [6, 6.07) is 8.69. The summed E-state index contributed by atoms with van der Waals surface area (Å²) in [5, 5.41) is 9.30. The maximum atomic E-state index is 12.7. The summed E-state index contributed by atoms with van der Waals surface area (Å²) >= 11 is 1.32. The van der Waals surface area contributed by atoms with E-state index < -0.39 is 6.03 Å². The molecule has 1 atom stereocenters. The lowest BCUT2D eigenvalue weighted by Gasteiger charge is -2.23. The third kappa shape index (κ3) is 4.33. The van der Waals surface area contributed by atoms with Gasteiger partial charge in [0.15, 0.2) is 0 Å². The van der Waals surface area contributed by atoms with Gasteiger partial charge in [-0.05, 0) is 55.3 Å². The first-order chi connectivity index (χ1) is 12.6. The molecule has 1 saturated heterocycles. The second kappa shape index (κ2) is 8.20. The van der Waals surface area contributed by atoms with Gasteiger partial charge in [-0.25, -0.2) is 4.79 Å². The van der Waals surface area contributed by atoms with Crippen molar-refractivity contribution in [3.8, 4) is 16.2 Å². The standard InChI is InChI=1S/C18H22N4O3S/c1-25-13-6-4-11(5-7-13)15-9-14(17(26-15)22-18(19)24)16(23)21-12-3-2-8-20-10-12/h4-7,9,12,20H,2-3,8,10H2,1H3,(H,21,23)(H3,19,22,24)/t12-/m0/s1. The van der Waals surface area contributed by atoms with Gasteiger partial charge < -0.3 is 21.1 Å². The number of hydrogen-bond acceptors (Lipinski definition) is 5. The summed E-state index contributed by atoms with van der Waals surface area (Å²) in [5.74, 6) is 0.544. The molecule has 2 aromatic rings. The highest BCUT2D eigenvalue weighted by atomic mass is 32.1. The van der Waals surface area contributed by atoms with Crippen molar-refractivity contribution in [1.82, 2.24) is 10.6 Å². The lowest BCUT2D eigenvalue weighted by atomic mass is 10.1. The van der Waals surface area contributed by atoms with Gasteiger partial charge in [0.25, 0.3) is 5.91 Å². The summed E-state index contributed by atoms with van der Waals surface area (Å²) < 4.78 is 5.17. The van der Waals surface area contributed by atoms with Crippen LogP contribution in [-0.2, 0) is 0 Å². The summed E-state index contributed by atoms with van der Waals surface area (Å²) in [7, 11) is 1.61. The molecule has 7 nitrogen and oxygen atoms in total. The van der Waals surface area contributed by atoms with Crippen LogP contribution in [0.4, 0.5) is 9.80 Å². The quantitative estimate of drug-likeness (QED) is 0.645. The van der Waals surface area contributed by atoms with Crippen LogP contribution in [0, 0.1) is 0 Å². The molecule has 1 aromatic heterocycles. The van der Waals surface area contributed by atoms with Crippen LogP contribution in [0.5, 0.6) is 5.75 Å². The molecule has 1 aromatic carbocycles. The minimum absolute atomic E-state index is 0.0852. The number of amides is 3. The van der Waals surface area contributed by atoms with Crippen LogP contribution >= 0.6 is 11.3 Å². The monoisotopic (exact) mass is 374 g/mol. The van der Waals surface area contributed by atoms with Gasteiger partial charge in [0, 0.05) is 17.5 Å². The fourth-order valence-electron chi connectivity index (χ4n) is 2.90. The Morgan fingerprint density at radius 2 is 2.08 bits per heavy atom. The molecular formula is C18H22N4O3S. The molecule has 3 amide bonds. The van der Waals surface area contributed by atoms with Crippen LogP contribution < -0.4 is 26.4 Å². The van der Waals surface area contributed by atoms with Gasteiger partial charge in [-0.1, -0.05) is 0 Å². The third-order valence-electron chi connectivity index (χ3n) is 4.22. The van der Waals surface area contributed by atoms with E-state index in [1.807, 2.05) is 24.3 Å². The first kappa shape index (κ1) is 18.2. The summed E-state index contributed by atoms with van der Waals surface area (Å²) in [6.07, 6.45) is 1.96. The number of ether oxygens (including phenoxy) is 1. The predicted molar refractivity (Wildman–Crippen MR) is 103 cm³/mol. The first-order valence-electron chi connectivity index (χ1n) is 8.43. The number of anilines is 1. The van der Waals surface area contributed by atoms with E-state index in [9.17, 15) is 9.59 Å². The summed E-state index contributed by atoms with van der Waals surface area (Å²) in [6.45, 7) is 1.72. The molecule has 2 heterocycles. The highest BCUT2D eigenvalue weighted by Gasteiger charge is 2.22. The largest absolute Gasteiger partial charge is 0.497 e. The first-order valence-corrected chi connectivity index (χ1v) is 9.25. The van der Waals surface area contributed by atoms with Crippen molar-refractivity contribution in [2.75, 3.05) is 25.5 Å². The Morgan fingerprint density at radius 3 is 2.69 bits per heavy atom. The van der Waals surface area contributed by atoms with Crippen molar-refractivity contribution in [1.29, 1.82) is 0 Å². The molecule has 0 aliphatic carbocycles. The van der Waals surface area contributed by atoms with Crippen molar-refractivity contribution < 1.29 is 14.3 Å².